The molecular formula is C19H18O3. The smallest absolute Gasteiger partial charge is 0.330 e. The van der Waals surface area contributed by atoms with Gasteiger partial charge in [0.15, 0.2) is 0 Å². The van der Waals surface area contributed by atoms with E-state index in [9.17, 15) is 4.79 Å². The van der Waals surface area contributed by atoms with E-state index >= 15 is 0 Å². The molecule has 2 rings (SSSR count). The number of rotatable bonds is 6. The average Bonchev–Trinajstić information content (AvgIpc) is 2.58. The van der Waals surface area contributed by atoms with Gasteiger partial charge >= 0.3 is 5.97 Å². The highest BCUT2D eigenvalue weighted by Gasteiger charge is 2.01. The maximum absolute atomic E-state index is 11.5. The van der Waals surface area contributed by atoms with Crippen molar-refractivity contribution in [2.24, 2.45) is 0 Å². The first kappa shape index (κ1) is 15.7. The second-order valence-corrected chi connectivity index (χ2v) is 4.60. The number of carbonyl (C=O) groups excluding carboxylic acids is 1. The number of aliphatic hydroxyl groups is 1. The minimum atomic E-state index is -0.469. The van der Waals surface area contributed by atoms with Crippen LogP contribution in [0.25, 0.3) is 11.6 Å². The number of allylic oxidation sites excluding steroid dienone is 2. The lowest BCUT2D eigenvalue weighted by molar-refractivity contribution is -0.138. The fraction of sp³-hybridized carbons (Fsp3) is 0.105. The maximum Gasteiger partial charge on any atom is 0.330 e. The molecule has 2 aromatic rings. The van der Waals surface area contributed by atoms with Gasteiger partial charge in [0, 0.05) is 6.08 Å². The molecule has 3 heteroatoms. The van der Waals surface area contributed by atoms with Gasteiger partial charge < -0.3 is 9.84 Å². The van der Waals surface area contributed by atoms with Crippen molar-refractivity contribution in [3.05, 3.63) is 83.9 Å². The molecule has 0 aliphatic rings. The highest BCUT2D eigenvalue weighted by molar-refractivity contribution is 5.92. The summed E-state index contributed by atoms with van der Waals surface area (Å²) in [6.07, 6.45) is 5.10. The van der Waals surface area contributed by atoms with Gasteiger partial charge in [-0.15, -0.1) is 0 Å². The Morgan fingerprint density at radius 3 is 2.23 bits per heavy atom. The fourth-order valence-corrected chi connectivity index (χ4v) is 1.94. The Balaban J connectivity index is 2.25. The van der Waals surface area contributed by atoms with Gasteiger partial charge in [-0.2, -0.15) is 0 Å². The number of hydrogen-bond acceptors (Lipinski definition) is 3. The Bertz CT molecular complexity index is 643. The molecule has 0 saturated carbocycles. The third-order valence-corrected chi connectivity index (χ3v) is 2.96. The minimum absolute atomic E-state index is 0.00619. The van der Waals surface area contributed by atoms with Crippen LogP contribution in [0.15, 0.2) is 72.8 Å². The highest BCUT2D eigenvalue weighted by Crippen LogP contribution is 2.19. The average molecular weight is 294 g/mol. The van der Waals surface area contributed by atoms with Gasteiger partial charge in [0.1, 0.15) is 6.61 Å². The Hall–Kier alpha value is -2.65. The lowest BCUT2D eigenvalue weighted by atomic mass is 10.0. The van der Waals surface area contributed by atoms with E-state index in [1.165, 1.54) is 6.08 Å². The zero-order valence-corrected chi connectivity index (χ0v) is 12.2. The molecule has 2 aromatic carbocycles. The van der Waals surface area contributed by atoms with Crippen LogP contribution in [-0.2, 0) is 9.53 Å². The van der Waals surface area contributed by atoms with Crippen LogP contribution in [0, 0.1) is 0 Å². The third-order valence-electron chi connectivity index (χ3n) is 2.96. The molecular weight excluding hydrogens is 276 g/mol. The van der Waals surface area contributed by atoms with Crippen LogP contribution in [0.3, 0.4) is 0 Å². The number of hydrogen-bond donors (Lipinski definition) is 1. The molecule has 0 heterocycles. The summed E-state index contributed by atoms with van der Waals surface area (Å²) in [7, 11) is 0. The second kappa shape index (κ2) is 8.60. The number of benzene rings is 2. The van der Waals surface area contributed by atoms with Crippen molar-refractivity contribution in [1.29, 1.82) is 0 Å². The van der Waals surface area contributed by atoms with E-state index < -0.39 is 5.97 Å². The minimum Gasteiger partial charge on any atom is -0.460 e. The van der Waals surface area contributed by atoms with Gasteiger partial charge in [0.25, 0.3) is 0 Å². The van der Waals surface area contributed by atoms with Crippen molar-refractivity contribution < 1.29 is 14.6 Å². The Kier molecular flexibility index (Phi) is 6.15. The van der Waals surface area contributed by atoms with Crippen molar-refractivity contribution in [2.45, 2.75) is 0 Å². The van der Waals surface area contributed by atoms with Crippen LogP contribution >= 0.6 is 0 Å². The molecule has 0 atom stereocenters. The van der Waals surface area contributed by atoms with E-state index in [1.54, 1.807) is 6.08 Å². The SMILES string of the molecule is O=C(/C=C/C(=C/c1ccccc1)c1ccccc1)OCCO. The van der Waals surface area contributed by atoms with E-state index in [0.29, 0.717) is 0 Å². The lowest BCUT2D eigenvalue weighted by Crippen LogP contribution is -2.05. The molecule has 0 bridgehead atoms. The number of esters is 1. The van der Waals surface area contributed by atoms with Gasteiger partial charge in [0.05, 0.1) is 6.61 Å². The monoisotopic (exact) mass is 294 g/mol. The molecule has 0 aliphatic heterocycles. The molecule has 3 nitrogen and oxygen atoms in total. The second-order valence-electron chi connectivity index (χ2n) is 4.60. The van der Waals surface area contributed by atoms with Crippen LogP contribution < -0.4 is 0 Å². The van der Waals surface area contributed by atoms with Crippen molar-refractivity contribution in [3.8, 4) is 0 Å². The normalized spacial score (nSPS) is 11.6. The zero-order valence-electron chi connectivity index (χ0n) is 12.2. The lowest BCUT2D eigenvalue weighted by Gasteiger charge is -2.04. The van der Waals surface area contributed by atoms with E-state index in [0.717, 1.165) is 16.7 Å². The largest absolute Gasteiger partial charge is 0.460 e. The zero-order chi connectivity index (χ0) is 15.6. The van der Waals surface area contributed by atoms with E-state index in [-0.39, 0.29) is 13.2 Å². The topological polar surface area (TPSA) is 46.5 Å². The summed E-state index contributed by atoms with van der Waals surface area (Å²) in [6, 6.07) is 19.7. The van der Waals surface area contributed by atoms with E-state index in [4.69, 9.17) is 9.84 Å². The first-order chi connectivity index (χ1) is 10.8. The van der Waals surface area contributed by atoms with Crippen molar-refractivity contribution >= 4 is 17.6 Å². The summed E-state index contributed by atoms with van der Waals surface area (Å²) in [4.78, 5) is 11.5. The molecule has 0 radical (unpaired) electrons. The van der Waals surface area contributed by atoms with Crippen LogP contribution in [0.4, 0.5) is 0 Å². The van der Waals surface area contributed by atoms with Gasteiger partial charge in [-0.05, 0) is 28.9 Å². The van der Waals surface area contributed by atoms with E-state index in [1.807, 2.05) is 66.7 Å². The van der Waals surface area contributed by atoms with E-state index in [2.05, 4.69) is 0 Å². The summed E-state index contributed by atoms with van der Waals surface area (Å²) in [5.74, 6) is -0.469. The molecule has 1 N–H and O–H groups in total. The Labute approximate surface area is 130 Å². The summed E-state index contributed by atoms with van der Waals surface area (Å²) >= 11 is 0. The fourth-order valence-electron chi connectivity index (χ4n) is 1.94. The predicted octanol–water partition coefficient (Wildman–Crippen LogP) is 3.32. The van der Waals surface area contributed by atoms with Gasteiger partial charge in [0.2, 0.25) is 0 Å². The molecule has 0 unspecified atom stereocenters. The Morgan fingerprint density at radius 1 is 0.955 bits per heavy atom. The third kappa shape index (κ3) is 5.04. The summed E-state index contributed by atoms with van der Waals surface area (Å²) in [6.45, 7) is -0.169. The number of carbonyl (C=O) groups is 1. The summed E-state index contributed by atoms with van der Waals surface area (Å²) in [5.41, 5.74) is 2.97. The molecule has 0 aromatic heterocycles. The standard InChI is InChI=1S/C19H18O3/c20-13-14-22-19(21)12-11-18(17-9-5-2-6-10-17)15-16-7-3-1-4-8-16/h1-12,15,20H,13-14H2/b12-11+,18-15-. The number of ether oxygens (including phenoxy) is 1. The van der Waals surface area contributed by atoms with Crippen LogP contribution in [0.2, 0.25) is 0 Å². The van der Waals surface area contributed by atoms with Gasteiger partial charge in [-0.1, -0.05) is 60.7 Å². The molecule has 22 heavy (non-hydrogen) atoms. The van der Waals surface area contributed by atoms with Crippen molar-refractivity contribution in [3.63, 3.8) is 0 Å². The molecule has 0 amide bonds. The molecule has 0 spiro atoms. The van der Waals surface area contributed by atoms with Gasteiger partial charge in [-0.25, -0.2) is 4.79 Å². The van der Waals surface area contributed by atoms with Crippen LogP contribution in [0.5, 0.6) is 0 Å². The van der Waals surface area contributed by atoms with Crippen LogP contribution in [-0.4, -0.2) is 24.3 Å². The van der Waals surface area contributed by atoms with Crippen molar-refractivity contribution in [2.75, 3.05) is 13.2 Å². The number of aliphatic hydroxyl groups excluding tert-OH is 1. The molecule has 0 aliphatic carbocycles. The molecule has 0 saturated heterocycles. The summed E-state index contributed by atoms with van der Waals surface area (Å²) in [5, 5.41) is 8.65. The highest BCUT2D eigenvalue weighted by atomic mass is 16.5. The summed E-state index contributed by atoms with van der Waals surface area (Å²) < 4.78 is 4.82. The predicted molar refractivity (Wildman–Crippen MR) is 87.9 cm³/mol. The Morgan fingerprint density at radius 2 is 1.59 bits per heavy atom. The van der Waals surface area contributed by atoms with Crippen molar-refractivity contribution in [1.82, 2.24) is 0 Å². The first-order valence-corrected chi connectivity index (χ1v) is 7.07. The molecule has 0 fully saturated rings. The maximum atomic E-state index is 11.5. The molecule has 112 valence electrons. The van der Waals surface area contributed by atoms with Crippen LogP contribution in [0.1, 0.15) is 11.1 Å². The van der Waals surface area contributed by atoms with Gasteiger partial charge in [-0.3, -0.25) is 0 Å². The first-order valence-electron chi connectivity index (χ1n) is 7.07. The quantitative estimate of drug-likeness (QED) is 0.385.